The Balaban J connectivity index is 1.42. The van der Waals surface area contributed by atoms with Gasteiger partial charge < -0.3 is 9.47 Å². The summed E-state index contributed by atoms with van der Waals surface area (Å²) in [5.74, 6) is 1.32. The van der Waals surface area contributed by atoms with Crippen molar-refractivity contribution in [2.24, 2.45) is 7.05 Å². The summed E-state index contributed by atoms with van der Waals surface area (Å²) in [7, 11) is 1.93. The second-order valence-electron chi connectivity index (χ2n) is 6.66. The average molecular weight is 419 g/mol. The summed E-state index contributed by atoms with van der Waals surface area (Å²) in [6, 6.07) is 8.00. The Kier molecular flexibility index (Phi) is 5.16. The Hall–Kier alpha value is -1.96. The summed E-state index contributed by atoms with van der Waals surface area (Å²) in [5.41, 5.74) is 0. The summed E-state index contributed by atoms with van der Waals surface area (Å²) in [6.07, 6.45) is 5.23. The molecule has 0 atom stereocenters. The fourth-order valence-corrected chi connectivity index (χ4v) is 5.01. The molecule has 3 aromatic rings. The van der Waals surface area contributed by atoms with E-state index in [9.17, 15) is 4.79 Å². The highest BCUT2D eigenvalue weighted by Gasteiger charge is 2.25. The van der Waals surface area contributed by atoms with Gasteiger partial charge in [-0.2, -0.15) is 5.10 Å². The zero-order chi connectivity index (χ0) is 19.0. The molecule has 1 fully saturated rings. The topological polar surface area (TPSA) is 53.9 Å². The third kappa shape index (κ3) is 3.59. The predicted molar refractivity (Wildman–Crippen MR) is 113 cm³/mol. The Bertz CT molecular complexity index is 1070. The van der Waals surface area contributed by atoms with Crippen molar-refractivity contribution in [1.29, 1.82) is 0 Å². The molecule has 5 nitrogen and oxygen atoms in total. The minimum absolute atomic E-state index is 0.0253. The van der Waals surface area contributed by atoms with Gasteiger partial charge in [0.1, 0.15) is 5.82 Å². The summed E-state index contributed by atoms with van der Waals surface area (Å²) in [5, 5.41) is 8.91. The predicted octanol–water partition coefficient (Wildman–Crippen LogP) is 4.77. The molecule has 8 heteroatoms. The van der Waals surface area contributed by atoms with Gasteiger partial charge in [0.25, 0.3) is 0 Å². The maximum atomic E-state index is 12.6. The highest BCUT2D eigenvalue weighted by molar-refractivity contribution is 7.71. The second kappa shape index (κ2) is 7.58. The van der Waals surface area contributed by atoms with E-state index in [2.05, 4.69) is 10.2 Å². The number of carbonyl (C=O) groups is 1. The number of H-pyrrole nitrogens is 1. The number of carbonyl (C=O) groups excluding carboxylic acids is 1. The quantitative estimate of drug-likeness (QED) is 0.492. The lowest BCUT2D eigenvalue weighted by atomic mass is 9.96. The van der Waals surface area contributed by atoms with Crippen molar-refractivity contribution >= 4 is 57.2 Å². The molecule has 0 radical (unpaired) electrons. The molecule has 1 aliphatic rings. The average Bonchev–Trinajstić information content (AvgIpc) is 3.20. The first-order valence-electron chi connectivity index (χ1n) is 8.80. The van der Waals surface area contributed by atoms with Crippen molar-refractivity contribution in [3.8, 4) is 0 Å². The summed E-state index contributed by atoms with van der Waals surface area (Å²) < 4.78 is 3.68. The number of benzene rings is 1. The standard InChI is InChI=1S/C19H19ClN4OS2/c1-23-18(21-22-19(23)26)12-8-10-24(11-9-12)16(25)7-6-15-17(20)13-4-2-3-5-14(13)27-15/h2-7,12H,8-11H2,1H3,(H,22,26)/b7-6+. The molecule has 1 aliphatic heterocycles. The molecule has 0 unspecified atom stereocenters. The van der Waals surface area contributed by atoms with Gasteiger partial charge in [-0.1, -0.05) is 29.8 Å². The number of likely N-dealkylation sites (tertiary alicyclic amines) is 1. The lowest BCUT2D eigenvalue weighted by Crippen LogP contribution is -2.37. The van der Waals surface area contributed by atoms with Crippen molar-refractivity contribution in [3.05, 3.63) is 50.8 Å². The van der Waals surface area contributed by atoms with Gasteiger partial charge in [0.15, 0.2) is 4.77 Å². The van der Waals surface area contributed by atoms with Crippen LogP contribution in [0.4, 0.5) is 0 Å². The Morgan fingerprint density at radius 1 is 1.37 bits per heavy atom. The molecule has 1 N–H and O–H groups in total. The van der Waals surface area contributed by atoms with Crippen LogP contribution < -0.4 is 0 Å². The van der Waals surface area contributed by atoms with Crippen molar-refractivity contribution in [3.63, 3.8) is 0 Å². The molecular weight excluding hydrogens is 400 g/mol. The fourth-order valence-electron chi connectivity index (χ4n) is 3.47. The number of nitrogens with one attached hydrogen (secondary N) is 1. The van der Waals surface area contributed by atoms with Crippen molar-refractivity contribution < 1.29 is 4.79 Å². The zero-order valence-corrected chi connectivity index (χ0v) is 17.2. The molecule has 3 heterocycles. The van der Waals surface area contributed by atoms with E-state index >= 15 is 0 Å². The van der Waals surface area contributed by atoms with E-state index in [1.165, 1.54) is 0 Å². The van der Waals surface area contributed by atoms with E-state index < -0.39 is 0 Å². The van der Waals surface area contributed by atoms with Gasteiger partial charge in [0.2, 0.25) is 5.91 Å². The van der Waals surface area contributed by atoms with Crippen molar-refractivity contribution in [2.75, 3.05) is 13.1 Å². The van der Waals surface area contributed by atoms with Crippen LogP contribution in [-0.2, 0) is 11.8 Å². The van der Waals surface area contributed by atoms with Crippen molar-refractivity contribution in [1.82, 2.24) is 19.7 Å². The Morgan fingerprint density at radius 2 is 2.11 bits per heavy atom. The first kappa shape index (κ1) is 18.4. The minimum atomic E-state index is 0.0253. The molecule has 1 saturated heterocycles. The number of aromatic amines is 1. The number of thiophene rings is 1. The van der Waals surface area contributed by atoms with Crippen molar-refractivity contribution in [2.45, 2.75) is 18.8 Å². The van der Waals surface area contributed by atoms with Crippen LogP contribution in [0.3, 0.4) is 0 Å². The van der Waals surface area contributed by atoms with Crippen LogP contribution >= 0.6 is 35.2 Å². The summed E-state index contributed by atoms with van der Waals surface area (Å²) in [4.78, 5) is 15.4. The van der Waals surface area contributed by atoms with E-state index in [0.717, 1.165) is 33.6 Å². The van der Waals surface area contributed by atoms with Crippen LogP contribution in [0.1, 0.15) is 29.5 Å². The summed E-state index contributed by atoms with van der Waals surface area (Å²) >= 11 is 13.2. The number of hydrogen-bond acceptors (Lipinski definition) is 4. The van der Waals surface area contributed by atoms with Crippen LogP contribution in [0.15, 0.2) is 30.3 Å². The van der Waals surface area contributed by atoms with Gasteiger partial charge in [-0.3, -0.25) is 9.89 Å². The molecule has 0 saturated carbocycles. The van der Waals surface area contributed by atoms with Crippen LogP contribution in [0.5, 0.6) is 0 Å². The molecule has 1 amide bonds. The van der Waals surface area contributed by atoms with E-state index in [-0.39, 0.29) is 5.91 Å². The van der Waals surface area contributed by atoms with Gasteiger partial charge >= 0.3 is 0 Å². The number of rotatable bonds is 3. The Morgan fingerprint density at radius 3 is 2.78 bits per heavy atom. The van der Waals surface area contributed by atoms with Gasteiger partial charge in [0, 0.05) is 47.1 Å². The van der Waals surface area contributed by atoms with Crippen LogP contribution in [0.25, 0.3) is 16.2 Å². The largest absolute Gasteiger partial charge is 0.339 e. The molecule has 140 valence electrons. The molecule has 2 aromatic heterocycles. The van der Waals surface area contributed by atoms with E-state index in [0.29, 0.717) is 28.8 Å². The zero-order valence-electron chi connectivity index (χ0n) is 14.8. The minimum Gasteiger partial charge on any atom is -0.339 e. The maximum Gasteiger partial charge on any atom is 0.246 e. The molecule has 4 rings (SSSR count). The van der Waals surface area contributed by atoms with E-state index in [1.807, 2.05) is 46.9 Å². The Labute approximate surface area is 171 Å². The molecule has 0 bridgehead atoms. The maximum absolute atomic E-state index is 12.6. The van der Waals surface area contributed by atoms with E-state index in [4.69, 9.17) is 23.8 Å². The first-order valence-corrected chi connectivity index (χ1v) is 10.4. The third-order valence-corrected chi connectivity index (χ3v) is 7.04. The number of amides is 1. The smallest absolute Gasteiger partial charge is 0.246 e. The first-order chi connectivity index (χ1) is 13.0. The lowest BCUT2D eigenvalue weighted by Gasteiger charge is -2.30. The number of aromatic nitrogens is 3. The monoisotopic (exact) mass is 418 g/mol. The van der Waals surface area contributed by atoms with Gasteiger partial charge in [0.05, 0.1) is 5.02 Å². The van der Waals surface area contributed by atoms with Gasteiger partial charge in [-0.25, -0.2) is 0 Å². The van der Waals surface area contributed by atoms with E-state index in [1.54, 1.807) is 17.4 Å². The number of piperidine rings is 1. The highest BCUT2D eigenvalue weighted by atomic mass is 35.5. The number of hydrogen-bond donors (Lipinski definition) is 1. The number of halogens is 1. The van der Waals surface area contributed by atoms with Crippen LogP contribution in [0.2, 0.25) is 5.02 Å². The molecule has 27 heavy (non-hydrogen) atoms. The fraction of sp³-hybridized carbons (Fsp3) is 0.316. The normalized spacial score (nSPS) is 15.9. The molecule has 0 aliphatic carbocycles. The molecule has 1 aromatic carbocycles. The van der Waals surface area contributed by atoms with Crippen LogP contribution in [-0.4, -0.2) is 38.7 Å². The SMILES string of the molecule is Cn1c(C2CCN(C(=O)/C=C/c3sc4ccccc4c3Cl)CC2)n[nH]c1=S. The second-order valence-corrected chi connectivity index (χ2v) is 8.50. The van der Waals surface area contributed by atoms with Gasteiger partial charge in [-0.05, 0) is 37.2 Å². The van der Waals surface area contributed by atoms with Crippen LogP contribution in [0, 0.1) is 4.77 Å². The third-order valence-electron chi connectivity index (χ3n) is 5.02. The number of fused-ring (bicyclic) bond motifs is 1. The summed E-state index contributed by atoms with van der Waals surface area (Å²) in [6.45, 7) is 1.43. The lowest BCUT2D eigenvalue weighted by molar-refractivity contribution is -0.127. The highest BCUT2D eigenvalue weighted by Crippen LogP contribution is 2.36. The molecular formula is C19H19ClN4OS2. The molecule has 0 spiro atoms. The number of nitrogens with zero attached hydrogens (tertiary/aromatic N) is 3. The van der Waals surface area contributed by atoms with Gasteiger partial charge in [-0.15, -0.1) is 11.3 Å².